The Morgan fingerprint density at radius 3 is 2.02 bits per heavy atom. The number of halogens is 2. The van der Waals surface area contributed by atoms with Crippen LogP contribution in [0.4, 0.5) is 14.7 Å². The van der Waals surface area contributed by atoms with Crippen LogP contribution in [0.15, 0.2) is 76.9 Å². The third-order valence-corrected chi connectivity index (χ3v) is 12.2. The number of aromatic amines is 2. The summed E-state index contributed by atoms with van der Waals surface area (Å²) < 4.78 is 57.4. The number of rotatable bonds is 11. The fourth-order valence-corrected chi connectivity index (χ4v) is 8.99. The molecule has 5 aromatic rings. The summed E-state index contributed by atoms with van der Waals surface area (Å²) in [5, 5.41) is 29.8. The SMILES string of the molecule is C=C1C(CO)C(O)C(F)C1n1cnc2c(=O)[nH]c(N)nc21.C=C1C(COP(=O)(C[C@H](C)C(C)=O)Oc2ccccc2)C(O)C(F)C1n1cnc2c(=O)[nH]c(C)nc21. The first-order valence-corrected chi connectivity index (χ1v) is 19.5. The Hall–Kier alpha value is -5.40. The first kappa shape index (κ1) is 41.2. The number of carbonyl (C=O) groups is 1. The van der Waals surface area contributed by atoms with Crippen LogP contribution in [0.5, 0.6) is 5.75 Å². The van der Waals surface area contributed by atoms with Crippen molar-refractivity contribution in [1.29, 1.82) is 0 Å². The number of aromatic nitrogens is 8. The average molecular weight is 814 g/mol. The van der Waals surface area contributed by atoms with Crippen LogP contribution in [0.3, 0.4) is 0 Å². The van der Waals surface area contributed by atoms with Gasteiger partial charge in [-0.2, -0.15) is 4.98 Å². The lowest BCUT2D eigenvalue weighted by Crippen LogP contribution is -2.28. The zero-order chi connectivity index (χ0) is 41.5. The number of Topliss-reactive ketones (excluding diaryl/α,β-unsaturated/α-hetero) is 1. The van der Waals surface area contributed by atoms with Gasteiger partial charge in [0.2, 0.25) is 5.95 Å². The standard InChI is InChI=1S/C24H28FN4O6P.C12H14FN5O3/c1-13(15(3)30)11-36(33,35-17-8-6-5-7-9-17)34-10-18-14(2)21(19(25)22(18)31)29-12-26-20-23(29)27-16(4)28-24(20)32;1-4-5(2-19)9(20)6(13)8(4)18-3-15-7-10(18)16-12(14)17-11(7)21/h5-9,12-13,18-19,21-22,31H,2,10-11H2,1,3-4H3,(H,27,28,32);3,5-6,8-9,19-20H,1-2H2,(H3,14,16,17,21)/t13-,18?,19?,21?,22?,36?;/m0./s1. The molecule has 9 unspecified atom stereocenters. The minimum atomic E-state index is -3.88. The molecular weight excluding hydrogens is 771 g/mol. The van der Waals surface area contributed by atoms with Crippen LogP contribution in [-0.4, -0.2) is 104 Å². The number of nitrogen functional groups attached to an aromatic ring is 1. The lowest BCUT2D eigenvalue weighted by atomic mass is 10.0. The van der Waals surface area contributed by atoms with Crippen LogP contribution in [0, 0.1) is 24.7 Å². The van der Waals surface area contributed by atoms with Gasteiger partial charge >= 0.3 is 7.60 Å². The van der Waals surface area contributed by atoms with Crippen LogP contribution in [0.25, 0.3) is 22.3 Å². The number of nitrogens with one attached hydrogen (secondary N) is 2. The normalized spacial score (nSPS) is 26.3. The Balaban J connectivity index is 0.000000221. The molecule has 304 valence electrons. The highest BCUT2D eigenvalue weighted by atomic mass is 31.2. The van der Waals surface area contributed by atoms with Crippen LogP contribution in [-0.2, 0) is 13.9 Å². The Labute approximate surface area is 322 Å². The average Bonchev–Trinajstić information content (AvgIpc) is 3.87. The zero-order valence-corrected chi connectivity index (χ0v) is 31.9. The lowest BCUT2D eigenvalue weighted by Gasteiger charge is -2.24. The molecule has 2 aliphatic carbocycles. The molecule has 0 bridgehead atoms. The number of nitrogens with zero attached hydrogens (tertiary/aromatic N) is 6. The number of carbonyl (C=O) groups excluding carboxylic acids is 1. The fourth-order valence-electron chi connectivity index (χ4n) is 7.00. The topological polar surface area (TPSA) is 266 Å². The van der Waals surface area contributed by atoms with Crippen molar-refractivity contribution in [2.24, 2.45) is 17.8 Å². The molecule has 4 aromatic heterocycles. The van der Waals surface area contributed by atoms with Gasteiger partial charge < -0.3 is 39.7 Å². The number of ketones is 1. The van der Waals surface area contributed by atoms with E-state index in [2.05, 4.69) is 43.1 Å². The molecule has 7 rings (SSSR count). The van der Waals surface area contributed by atoms with E-state index in [9.17, 15) is 38.7 Å². The highest BCUT2D eigenvalue weighted by Gasteiger charge is 2.49. The monoisotopic (exact) mass is 813 g/mol. The van der Waals surface area contributed by atoms with Gasteiger partial charge in [0.1, 0.15) is 17.4 Å². The van der Waals surface area contributed by atoms with Crippen molar-refractivity contribution in [2.75, 3.05) is 25.1 Å². The van der Waals surface area contributed by atoms with E-state index in [1.807, 2.05) is 0 Å². The van der Waals surface area contributed by atoms with Gasteiger partial charge in [0.15, 0.2) is 34.7 Å². The Bertz CT molecular complexity index is 2490. The molecule has 2 saturated carbocycles. The Morgan fingerprint density at radius 2 is 1.47 bits per heavy atom. The molecule has 0 amide bonds. The molecule has 1 aromatic carbocycles. The molecule has 0 aliphatic heterocycles. The number of fused-ring (bicyclic) bond motifs is 2. The van der Waals surface area contributed by atoms with Crippen molar-refractivity contribution in [3.05, 3.63) is 93.8 Å². The summed E-state index contributed by atoms with van der Waals surface area (Å²) in [6.07, 6.45) is -4.05. The van der Waals surface area contributed by atoms with Gasteiger partial charge in [-0.25, -0.2) is 28.3 Å². The maximum absolute atomic E-state index is 15.4. The third kappa shape index (κ3) is 7.95. The van der Waals surface area contributed by atoms with Crippen molar-refractivity contribution in [3.63, 3.8) is 0 Å². The second-order valence-electron chi connectivity index (χ2n) is 14.1. The van der Waals surface area contributed by atoms with Gasteiger partial charge in [-0.1, -0.05) is 38.3 Å². The number of hydrogen-bond donors (Lipinski definition) is 6. The molecule has 21 heteroatoms. The molecule has 0 saturated heterocycles. The lowest BCUT2D eigenvalue weighted by molar-refractivity contribution is -0.119. The zero-order valence-electron chi connectivity index (χ0n) is 31.0. The summed E-state index contributed by atoms with van der Waals surface area (Å²) in [5.74, 6) is -2.01. The maximum Gasteiger partial charge on any atom is 0.379 e. The van der Waals surface area contributed by atoms with Crippen LogP contribution < -0.4 is 21.4 Å². The van der Waals surface area contributed by atoms with E-state index < -0.39 is 79.7 Å². The summed E-state index contributed by atoms with van der Waals surface area (Å²) >= 11 is 0. The number of imidazole rings is 2. The van der Waals surface area contributed by atoms with Crippen molar-refractivity contribution < 1.29 is 42.5 Å². The number of benzene rings is 1. The minimum absolute atomic E-state index is 0.0196. The van der Waals surface area contributed by atoms with Gasteiger partial charge in [0.05, 0.1) is 56.3 Å². The van der Waals surface area contributed by atoms with Gasteiger partial charge in [-0.05, 0) is 37.1 Å². The fraction of sp³-hybridized carbons (Fsp3) is 0.417. The number of hydrogen-bond acceptors (Lipinski definition) is 14. The molecule has 57 heavy (non-hydrogen) atoms. The molecular formula is C36H42F2N9O9P. The number of aryl methyl sites for hydroxylation is 1. The number of alkyl halides is 2. The molecule has 4 heterocycles. The summed E-state index contributed by atoms with van der Waals surface area (Å²) in [4.78, 5) is 56.8. The molecule has 0 spiro atoms. The summed E-state index contributed by atoms with van der Waals surface area (Å²) in [6.45, 7) is 11.5. The van der Waals surface area contributed by atoms with E-state index in [0.29, 0.717) is 17.1 Å². The van der Waals surface area contributed by atoms with E-state index in [1.54, 1.807) is 44.2 Å². The first-order chi connectivity index (χ1) is 27.0. The number of anilines is 1. The summed E-state index contributed by atoms with van der Waals surface area (Å²) in [6, 6.07) is 6.34. The largest absolute Gasteiger partial charge is 0.424 e. The number of aliphatic hydroxyl groups is 3. The van der Waals surface area contributed by atoms with Gasteiger partial charge in [0, 0.05) is 17.8 Å². The summed E-state index contributed by atoms with van der Waals surface area (Å²) in [7, 11) is -3.88. The Morgan fingerprint density at radius 1 is 0.947 bits per heavy atom. The van der Waals surface area contributed by atoms with E-state index in [1.165, 1.54) is 28.7 Å². The highest BCUT2D eigenvalue weighted by Crippen LogP contribution is 2.52. The van der Waals surface area contributed by atoms with E-state index in [-0.39, 0.29) is 52.4 Å². The minimum Gasteiger partial charge on any atom is -0.424 e. The molecule has 2 aliphatic rings. The second kappa shape index (κ2) is 16.2. The molecule has 18 nitrogen and oxygen atoms in total. The van der Waals surface area contributed by atoms with Gasteiger partial charge in [0.25, 0.3) is 11.1 Å². The van der Waals surface area contributed by atoms with Crippen molar-refractivity contribution in [3.8, 4) is 5.75 Å². The predicted octanol–water partition coefficient (Wildman–Crippen LogP) is 2.49. The number of para-hydroxylation sites is 1. The number of nitrogens with two attached hydrogens (primary N) is 1. The van der Waals surface area contributed by atoms with Crippen molar-refractivity contribution in [1.82, 2.24) is 39.0 Å². The first-order valence-electron chi connectivity index (χ1n) is 17.7. The summed E-state index contributed by atoms with van der Waals surface area (Å²) in [5.41, 5.74) is 5.39. The molecule has 7 N–H and O–H groups in total. The van der Waals surface area contributed by atoms with E-state index >= 15 is 4.39 Å². The Kier molecular flexibility index (Phi) is 11.7. The number of aliphatic hydroxyl groups excluding tert-OH is 3. The van der Waals surface area contributed by atoms with Gasteiger partial charge in [-0.15, -0.1) is 0 Å². The smallest absolute Gasteiger partial charge is 0.379 e. The van der Waals surface area contributed by atoms with Crippen LogP contribution >= 0.6 is 7.60 Å². The third-order valence-electron chi connectivity index (χ3n) is 10.2. The predicted molar refractivity (Wildman–Crippen MR) is 203 cm³/mol. The molecule has 2 fully saturated rings. The maximum atomic E-state index is 15.4. The van der Waals surface area contributed by atoms with Crippen LogP contribution in [0.2, 0.25) is 0 Å². The van der Waals surface area contributed by atoms with Crippen molar-refractivity contribution in [2.45, 2.75) is 57.4 Å². The quantitative estimate of drug-likeness (QED) is 0.0827. The number of H-pyrrole nitrogens is 2. The van der Waals surface area contributed by atoms with Crippen molar-refractivity contribution >= 4 is 41.7 Å². The van der Waals surface area contributed by atoms with Gasteiger partial charge in [-0.3, -0.25) is 23.9 Å². The van der Waals surface area contributed by atoms with Crippen LogP contribution in [0.1, 0.15) is 31.8 Å². The van der Waals surface area contributed by atoms with E-state index in [4.69, 9.17) is 14.8 Å². The highest BCUT2D eigenvalue weighted by molar-refractivity contribution is 7.54. The van der Waals surface area contributed by atoms with E-state index in [0.717, 1.165) is 0 Å². The molecule has 0 radical (unpaired) electrons. The molecule has 10 atom stereocenters. The second-order valence-corrected chi connectivity index (χ2v) is 16.1.